The smallest absolute Gasteiger partial charge is 0.225 e. The first-order chi connectivity index (χ1) is 12.2. The molecule has 132 valence electrons. The number of nitrogens with zero attached hydrogens (tertiary/aromatic N) is 4. The Labute approximate surface area is 146 Å². The van der Waals surface area contributed by atoms with Gasteiger partial charge in [-0.2, -0.15) is 0 Å². The summed E-state index contributed by atoms with van der Waals surface area (Å²) in [5.74, 6) is 0.831. The third-order valence-electron chi connectivity index (χ3n) is 5.05. The third-order valence-corrected chi connectivity index (χ3v) is 5.05. The number of hydrogen-bond donors (Lipinski definition) is 0. The van der Waals surface area contributed by atoms with Crippen LogP contribution in [0.4, 0.5) is 10.3 Å². The van der Waals surface area contributed by atoms with Crippen LogP contribution in [0.2, 0.25) is 0 Å². The van der Waals surface area contributed by atoms with Gasteiger partial charge in [0.1, 0.15) is 6.61 Å². The van der Waals surface area contributed by atoms with Gasteiger partial charge in [-0.15, -0.1) is 0 Å². The molecule has 2 aromatic heterocycles. The topological polar surface area (TPSA) is 60.4 Å². The van der Waals surface area contributed by atoms with Gasteiger partial charge in [-0.3, -0.25) is 0 Å². The fraction of sp³-hybridized carbons (Fsp3) is 0.500. The van der Waals surface area contributed by atoms with Gasteiger partial charge in [-0.25, -0.2) is 19.3 Å². The summed E-state index contributed by atoms with van der Waals surface area (Å²) in [5, 5.41) is 0. The summed E-state index contributed by atoms with van der Waals surface area (Å²) >= 11 is 0. The molecule has 25 heavy (non-hydrogen) atoms. The summed E-state index contributed by atoms with van der Waals surface area (Å²) < 4.78 is 24.7. The van der Waals surface area contributed by atoms with Crippen molar-refractivity contribution in [2.45, 2.75) is 25.4 Å². The van der Waals surface area contributed by atoms with E-state index in [1.165, 1.54) is 12.4 Å². The number of hydrogen-bond acceptors (Lipinski definition) is 6. The molecule has 7 heteroatoms. The zero-order chi connectivity index (χ0) is 17.1. The highest BCUT2D eigenvalue weighted by Gasteiger charge is 2.43. The molecule has 0 saturated carbocycles. The maximum absolute atomic E-state index is 13.0. The average Bonchev–Trinajstić information content (AvgIpc) is 3.05. The van der Waals surface area contributed by atoms with E-state index in [-0.39, 0.29) is 11.5 Å². The Morgan fingerprint density at radius 3 is 2.72 bits per heavy atom. The van der Waals surface area contributed by atoms with Crippen molar-refractivity contribution in [2.24, 2.45) is 5.41 Å². The lowest BCUT2D eigenvalue weighted by molar-refractivity contribution is 0.0565. The largest absolute Gasteiger partial charge is 0.475 e. The number of pyridine rings is 1. The van der Waals surface area contributed by atoms with Gasteiger partial charge in [0.15, 0.2) is 5.82 Å². The highest BCUT2D eigenvalue weighted by molar-refractivity contribution is 5.29. The summed E-state index contributed by atoms with van der Waals surface area (Å²) in [6.07, 6.45) is 7.31. The van der Waals surface area contributed by atoms with Crippen molar-refractivity contribution in [3.8, 4) is 5.88 Å². The van der Waals surface area contributed by atoms with E-state index >= 15 is 0 Å². The second-order valence-corrected chi connectivity index (χ2v) is 6.80. The summed E-state index contributed by atoms with van der Waals surface area (Å²) in [6.45, 7) is 3.02. The van der Waals surface area contributed by atoms with Gasteiger partial charge in [0, 0.05) is 25.4 Å². The van der Waals surface area contributed by atoms with Gasteiger partial charge in [-0.1, -0.05) is 6.07 Å². The molecular formula is C18H21FN4O2. The van der Waals surface area contributed by atoms with Crippen LogP contribution in [0.5, 0.6) is 5.88 Å². The Hall–Kier alpha value is -2.28. The van der Waals surface area contributed by atoms with Gasteiger partial charge in [0.2, 0.25) is 11.8 Å². The lowest BCUT2D eigenvalue weighted by Crippen LogP contribution is -2.41. The molecule has 1 atom stereocenters. The highest BCUT2D eigenvalue weighted by Crippen LogP contribution is 2.42. The van der Waals surface area contributed by atoms with Crippen LogP contribution < -0.4 is 9.64 Å². The van der Waals surface area contributed by atoms with Gasteiger partial charge >= 0.3 is 0 Å². The standard InChI is InChI=1S/C18H21FN4O2/c19-14-10-21-17(22-11-14)23-7-4-18(5-8-23)9-15(25-13-18)12-24-16-3-1-2-6-20-16/h1-3,6,10-11,15H,4-5,7-9,12-13H2. The summed E-state index contributed by atoms with van der Waals surface area (Å²) in [7, 11) is 0. The Morgan fingerprint density at radius 1 is 1.20 bits per heavy atom. The number of aromatic nitrogens is 3. The normalized spacial score (nSPS) is 22.3. The molecule has 0 N–H and O–H groups in total. The molecule has 4 rings (SSSR count). The first-order valence-corrected chi connectivity index (χ1v) is 8.60. The van der Waals surface area contributed by atoms with Gasteiger partial charge < -0.3 is 14.4 Å². The molecule has 0 radical (unpaired) electrons. The van der Waals surface area contributed by atoms with Crippen LogP contribution in [0.3, 0.4) is 0 Å². The van der Waals surface area contributed by atoms with Crippen molar-refractivity contribution in [2.75, 3.05) is 31.2 Å². The van der Waals surface area contributed by atoms with E-state index in [0.29, 0.717) is 18.4 Å². The summed E-state index contributed by atoms with van der Waals surface area (Å²) in [4.78, 5) is 14.4. The van der Waals surface area contributed by atoms with Crippen LogP contribution in [0.15, 0.2) is 36.8 Å². The molecule has 2 aliphatic rings. The molecule has 1 unspecified atom stereocenters. The van der Waals surface area contributed by atoms with Crippen molar-refractivity contribution in [3.63, 3.8) is 0 Å². The minimum atomic E-state index is -0.405. The molecule has 1 spiro atoms. The lowest BCUT2D eigenvalue weighted by atomic mass is 9.77. The lowest BCUT2D eigenvalue weighted by Gasteiger charge is -2.38. The Bertz CT molecular complexity index is 690. The number of halogens is 1. The molecule has 2 aliphatic heterocycles. The van der Waals surface area contributed by atoms with Crippen molar-refractivity contribution >= 4 is 5.95 Å². The molecule has 2 fully saturated rings. The van der Waals surface area contributed by atoms with Crippen LogP contribution in [0, 0.1) is 11.2 Å². The monoisotopic (exact) mass is 344 g/mol. The van der Waals surface area contributed by atoms with E-state index in [2.05, 4.69) is 19.9 Å². The first-order valence-electron chi connectivity index (χ1n) is 8.60. The fourth-order valence-electron chi connectivity index (χ4n) is 3.61. The molecule has 2 saturated heterocycles. The van der Waals surface area contributed by atoms with Crippen molar-refractivity contribution in [1.82, 2.24) is 15.0 Å². The summed E-state index contributed by atoms with van der Waals surface area (Å²) in [5.41, 5.74) is 0.203. The Balaban J connectivity index is 1.29. The van der Waals surface area contributed by atoms with E-state index in [0.717, 1.165) is 39.0 Å². The Kier molecular flexibility index (Phi) is 4.48. The van der Waals surface area contributed by atoms with Crippen molar-refractivity contribution in [3.05, 3.63) is 42.6 Å². The van der Waals surface area contributed by atoms with Gasteiger partial charge in [-0.05, 0) is 30.7 Å². The van der Waals surface area contributed by atoms with E-state index in [1.807, 2.05) is 18.2 Å². The van der Waals surface area contributed by atoms with Crippen LogP contribution in [-0.4, -0.2) is 47.4 Å². The molecule has 2 aromatic rings. The van der Waals surface area contributed by atoms with Crippen molar-refractivity contribution < 1.29 is 13.9 Å². The van der Waals surface area contributed by atoms with Crippen LogP contribution in [0.25, 0.3) is 0 Å². The minimum absolute atomic E-state index is 0.107. The third kappa shape index (κ3) is 3.71. The van der Waals surface area contributed by atoms with E-state index in [4.69, 9.17) is 9.47 Å². The predicted molar refractivity (Wildman–Crippen MR) is 90.0 cm³/mol. The first kappa shape index (κ1) is 16.2. The van der Waals surface area contributed by atoms with Crippen LogP contribution in [-0.2, 0) is 4.74 Å². The zero-order valence-electron chi connectivity index (χ0n) is 14.0. The SMILES string of the molecule is Fc1cnc(N2CCC3(CC2)COC(COc2ccccn2)C3)nc1. The van der Waals surface area contributed by atoms with Crippen LogP contribution >= 0.6 is 0 Å². The highest BCUT2D eigenvalue weighted by atomic mass is 19.1. The average molecular weight is 344 g/mol. The quantitative estimate of drug-likeness (QED) is 0.849. The van der Waals surface area contributed by atoms with E-state index in [1.54, 1.807) is 6.20 Å². The number of ether oxygens (including phenoxy) is 2. The molecule has 0 aromatic carbocycles. The van der Waals surface area contributed by atoms with E-state index < -0.39 is 5.82 Å². The molecule has 0 bridgehead atoms. The van der Waals surface area contributed by atoms with E-state index in [9.17, 15) is 4.39 Å². The minimum Gasteiger partial charge on any atom is -0.475 e. The molecule has 0 amide bonds. The Morgan fingerprint density at radius 2 is 2.00 bits per heavy atom. The molecular weight excluding hydrogens is 323 g/mol. The zero-order valence-corrected chi connectivity index (χ0v) is 14.0. The second-order valence-electron chi connectivity index (χ2n) is 6.80. The predicted octanol–water partition coefficient (Wildman–Crippen LogP) is 2.47. The number of anilines is 1. The maximum Gasteiger partial charge on any atom is 0.225 e. The number of rotatable bonds is 4. The maximum atomic E-state index is 13.0. The fourth-order valence-corrected chi connectivity index (χ4v) is 3.61. The second kappa shape index (κ2) is 6.92. The summed E-state index contributed by atoms with van der Waals surface area (Å²) in [6, 6.07) is 5.63. The van der Waals surface area contributed by atoms with Gasteiger partial charge in [0.25, 0.3) is 0 Å². The molecule has 6 nitrogen and oxygen atoms in total. The molecule has 4 heterocycles. The van der Waals surface area contributed by atoms with Crippen LogP contribution in [0.1, 0.15) is 19.3 Å². The molecule has 0 aliphatic carbocycles. The van der Waals surface area contributed by atoms with Gasteiger partial charge in [0.05, 0.1) is 25.1 Å². The van der Waals surface area contributed by atoms with Crippen molar-refractivity contribution in [1.29, 1.82) is 0 Å². The number of piperidine rings is 1.